The molecule has 0 saturated carbocycles. The molecule has 0 spiro atoms. The van der Waals surface area contributed by atoms with Crippen LogP contribution in [0.1, 0.15) is 12.8 Å². The first-order valence-corrected chi connectivity index (χ1v) is 6.59. The highest BCUT2D eigenvalue weighted by atomic mass is 16.3. The van der Waals surface area contributed by atoms with Crippen molar-refractivity contribution in [2.24, 2.45) is 5.73 Å². The summed E-state index contributed by atoms with van der Waals surface area (Å²) in [6.07, 6.45) is 1.15. The fourth-order valence-electron chi connectivity index (χ4n) is 2.13. The number of carbonyl (C=O) groups excluding carboxylic acids is 3. The Balaban J connectivity index is 2.61. The summed E-state index contributed by atoms with van der Waals surface area (Å²) in [6, 6.07) is -1.86. The van der Waals surface area contributed by atoms with Gasteiger partial charge in [0.15, 0.2) is 0 Å². The molecular weight excluding hydrogens is 282 g/mol. The molecule has 0 aromatic rings. The van der Waals surface area contributed by atoms with Gasteiger partial charge in [0.1, 0.15) is 18.8 Å². The van der Waals surface area contributed by atoms with Gasteiger partial charge >= 0.3 is 0 Å². The molecule has 1 heterocycles. The normalized spacial score (nSPS) is 19.2. The Morgan fingerprint density at radius 3 is 2.62 bits per heavy atom. The van der Waals surface area contributed by atoms with Gasteiger partial charge in [-0.15, -0.1) is 0 Å². The second kappa shape index (κ2) is 8.52. The maximum atomic E-state index is 12.1. The zero-order valence-electron chi connectivity index (χ0n) is 11.5. The smallest absolute Gasteiger partial charge is 0.259 e. The van der Waals surface area contributed by atoms with Crippen molar-refractivity contribution in [3.8, 4) is 0 Å². The first-order chi connectivity index (χ1) is 10.0. The second-order valence-corrected chi connectivity index (χ2v) is 4.52. The van der Waals surface area contributed by atoms with Crippen molar-refractivity contribution in [3.05, 3.63) is 0 Å². The van der Waals surface area contributed by atoms with E-state index in [0.29, 0.717) is 19.4 Å². The zero-order chi connectivity index (χ0) is 15.8. The van der Waals surface area contributed by atoms with E-state index >= 15 is 0 Å². The van der Waals surface area contributed by atoms with Gasteiger partial charge in [-0.25, -0.2) is 5.43 Å². The van der Waals surface area contributed by atoms with Crippen molar-refractivity contribution in [2.45, 2.75) is 24.9 Å². The van der Waals surface area contributed by atoms with Gasteiger partial charge in [-0.05, 0) is 12.8 Å². The monoisotopic (exact) mass is 303 g/mol. The summed E-state index contributed by atoms with van der Waals surface area (Å²) in [7, 11) is 0. The van der Waals surface area contributed by atoms with Gasteiger partial charge in [-0.3, -0.25) is 19.8 Å². The van der Waals surface area contributed by atoms with Crippen LogP contribution < -0.4 is 21.9 Å². The van der Waals surface area contributed by atoms with E-state index in [9.17, 15) is 14.4 Å². The van der Waals surface area contributed by atoms with Gasteiger partial charge in [0.25, 0.3) is 5.91 Å². The number of rotatable bonds is 7. The lowest BCUT2D eigenvalue weighted by Gasteiger charge is -2.25. The number of nitrogens with two attached hydrogens (primary N) is 1. The Kier molecular flexibility index (Phi) is 7.02. The lowest BCUT2D eigenvalue weighted by atomic mass is 10.2. The van der Waals surface area contributed by atoms with E-state index in [1.165, 1.54) is 4.90 Å². The van der Waals surface area contributed by atoms with Crippen LogP contribution in [0.4, 0.5) is 0 Å². The topological polar surface area (TPSA) is 157 Å². The van der Waals surface area contributed by atoms with Crippen molar-refractivity contribution in [1.29, 1.82) is 0 Å². The summed E-state index contributed by atoms with van der Waals surface area (Å²) in [6.45, 7) is -0.842. The maximum absolute atomic E-state index is 12.1. The molecule has 21 heavy (non-hydrogen) atoms. The Labute approximate surface area is 121 Å². The van der Waals surface area contributed by atoms with Gasteiger partial charge in [0, 0.05) is 6.54 Å². The van der Waals surface area contributed by atoms with E-state index in [1.54, 1.807) is 0 Å². The number of likely N-dealkylation sites (tertiary alicyclic amines) is 1. The summed E-state index contributed by atoms with van der Waals surface area (Å²) in [4.78, 5) is 36.7. The molecule has 0 unspecified atom stereocenters. The van der Waals surface area contributed by atoms with E-state index in [1.807, 2.05) is 0 Å². The summed E-state index contributed by atoms with van der Waals surface area (Å²) in [5.41, 5.74) is 9.55. The van der Waals surface area contributed by atoms with Crippen molar-refractivity contribution in [2.75, 3.05) is 26.4 Å². The van der Waals surface area contributed by atoms with Gasteiger partial charge in [0.05, 0.1) is 13.2 Å². The van der Waals surface area contributed by atoms with E-state index in [4.69, 9.17) is 15.9 Å². The molecule has 10 heteroatoms. The predicted octanol–water partition coefficient (Wildman–Crippen LogP) is -4.02. The van der Waals surface area contributed by atoms with Crippen LogP contribution in [0.25, 0.3) is 0 Å². The molecule has 0 aromatic heterocycles. The van der Waals surface area contributed by atoms with Crippen LogP contribution in [0.3, 0.4) is 0 Å². The van der Waals surface area contributed by atoms with Crippen molar-refractivity contribution < 1.29 is 24.6 Å². The fraction of sp³-hybridized carbons (Fsp3) is 0.727. The number of nitrogens with zero attached hydrogens (tertiary/aromatic N) is 1. The largest absolute Gasteiger partial charge is 0.394 e. The Morgan fingerprint density at radius 2 is 2.05 bits per heavy atom. The van der Waals surface area contributed by atoms with Crippen LogP contribution in [0, 0.1) is 0 Å². The highest BCUT2D eigenvalue weighted by Crippen LogP contribution is 2.17. The quantitative estimate of drug-likeness (QED) is 0.206. The van der Waals surface area contributed by atoms with E-state index in [2.05, 4.69) is 16.2 Å². The highest BCUT2D eigenvalue weighted by molar-refractivity contribution is 5.92. The average Bonchev–Trinajstić information content (AvgIpc) is 2.98. The van der Waals surface area contributed by atoms with Gasteiger partial charge in [-0.1, -0.05) is 0 Å². The lowest BCUT2D eigenvalue weighted by Crippen LogP contribution is -2.56. The van der Waals surface area contributed by atoms with Crippen LogP contribution >= 0.6 is 0 Å². The molecule has 7 N–H and O–H groups in total. The summed E-state index contributed by atoms with van der Waals surface area (Å²) >= 11 is 0. The Morgan fingerprint density at radius 1 is 1.33 bits per heavy atom. The maximum Gasteiger partial charge on any atom is 0.259 e. The molecule has 1 saturated heterocycles. The van der Waals surface area contributed by atoms with E-state index in [0.717, 1.165) is 0 Å². The third kappa shape index (κ3) is 4.63. The molecule has 2 atom stereocenters. The van der Waals surface area contributed by atoms with Crippen molar-refractivity contribution in [1.82, 2.24) is 21.1 Å². The molecule has 1 rings (SSSR count). The minimum atomic E-state index is -1.17. The summed E-state index contributed by atoms with van der Waals surface area (Å²) < 4.78 is 0. The molecule has 120 valence electrons. The first kappa shape index (κ1) is 17.3. The number of nitrogens with one attached hydrogen (secondary N) is 3. The van der Waals surface area contributed by atoms with Crippen LogP contribution in [0.15, 0.2) is 0 Å². The summed E-state index contributed by atoms with van der Waals surface area (Å²) in [5, 5.41) is 20.0. The SMILES string of the molecule is NCC(=O)N1CCC[C@H]1C(=O)N[C@@H](CO)C(=O)NNCO. The Bertz CT molecular complexity index is 391. The molecule has 0 radical (unpaired) electrons. The van der Waals surface area contributed by atoms with Crippen LogP contribution in [-0.2, 0) is 14.4 Å². The van der Waals surface area contributed by atoms with Gasteiger partial charge < -0.3 is 26.2 Å². The molecule has 0 aliphatic carbocycles. The van der Waals surface area contributed by atoms with E-state index < -0.39 is 37.2 Å². The minimum Gasteiger partial charge on any atom is -0.394 e. The average molecular weight is 303 g/mol. The number of aliphatic hydroxyl groups excluding tert-OH is 2. The molecule has 1 fully saturated rings. The second-order valence-electron chi connectivity index (χ2n) is 4.52. The minimum absolute atomic E-state index is 0.186. The summed E-state index contributed by atoms with van der Waals surface area (Å²) in [5.74, 6) is -1.55. The van der Waals surface area contributed by atoms with Crippen molar-refractivity contribution >= 4 is 17.7 Å². The fourth-order valence-corrected chi connectivity index (χ4v) is 2.13. The molecule has 0 bridgehead atoms. The molecule has 3 amide bonds. The number of hydrazine groups is 1. The van der Waals surface area contributed by atoms with E-state index in [-0.39, 0.29) is 12.5 Å². The molecule has 10 nitrogen and oxygen atoms in total. The van der Waals surface area contributed by atoms with Crippen molar-refractivity contribution in [3.63, 3.8) is 0 Å². The standard InChI is InChI=1S/C11H21N5O5/c12-4-9(19)16-3-1-2-8(16)11(21)14-7(5-17)10(20)15-13-6-18/h7-8,13,17-18H,1-6,12H2,(H,14,21)(H,15,20)/t7-,8-/m0/s1. The molecule has 1 aliphatic rings. The van der Waals surface area contributed by atoms with Crippen LogP contribution in [0.2, 0.25) is 0 Å². The van der Waals surface area contributed by atoms with Gasteiger partial charge in [-0.2, -0.15) is 0 Å². The molecule has 1 aliphatic heterocycles. The molecule has 0 aromatic carbocycles. The third-order valence-electron chi connectivity index (χ3n) is 3.16. The highest BCUT2D eigenvalue weighted by Gasteiger charge is 2.35. The Hall–Kier alpha value is -1.75. The third-order valence-corrected chi connectivity index (χ3v) is 3.16. The number of aliphatic hydroxyl groups is 2. The first-order valence-electron chi connectivity index (χ1n) is 6.59. The number of hydrogen-bond acceptors (Lipinski definition) is 7. The van der Waals surface area contributed by atoms with Crippen LogP contribution in [-0.4, -0.2) is 71.3 Å². The lowest BCUT2D eigenvalue weighted by molar-refractivity contribution is -0.139. The number of hydrogen-bond donors (Lipinski definition) is 6. The van der Waals surface area contributed by atoms with Crippen LogP contribution in [0.5, 0.6) is 0 Å². The number of carbonyl (C=O) groups is 3. The number of amides is 3. The molecular formula is C11H21N5O5. The predicted molar refractivity (Wildman–Crippen MR) is 71.2 cm³/mol. The van der Waals surface area contributed by atoms with Gasteiger partial charge in [0.2, 0.25) is 11.8 Å². The zero-order valence-corrected chi connectivity index (χ0v) is 11.5.